The minimum atomic E-state index is -0.698. The summed E-state index contributed by atoms with van der Waals surface area (Å²) < 4.78 is 5.42. The van der Waals surface area contributed by atoms with E-state index in [4.69, 9.17) is 4.74 Å². The average molecular weight is 229 g/mol. The molecule has 0 aliphatic carbocycles. The highest BCUT2D eigenvalue weighted by atomic mass is 16.5. The van der Waals surface area contributed by atoms with Crippen LogP contribution in [0.25, 0.3) is 0 Å². The fourth-order valence-electron chi connectivity index (χ4n) is 2.05. The number of ether oxygens (including phenoxy) is 1. The molecule has 0 bridgehead atoms. The summed E-state index contributed by atoms with van der Waals surface area (Å²) in [4.78, 5) is 13.5. The maximum Gasteiger partial charge on any atom is 0.310 e. The lowest BCUT2D eigenvalue weighted by molar-refractivity contribution is -0.151. The van der Waals surface area contributed by atoms with E-state index in [1.165, 1.54) is 0 Å². The first kappa shape index (κ1) is 13.5. The molecule has 0 aromatic rings. The van der Waals surface area contributed by atoms with Crippen LogP contribution in [0.1, 0.15) is 33.6 Å². The molecule has 1 aliphatic heterocycles. The smallest absolute Gasteiger partial charge is 0.310 e. The molecule has 0 spiro atoms. The van der Waals surface area contributed by atoms with Gasteiger partial charge in [0.15, 0.2) is 0 Å². The van der Waals surface area contributed by atoms with Gasteiger partial charge in [0.1, 0.15) is 0 Å². The van der Waals surface area contributed by atoms with E-state index in [2.05, 4.69) is 11.8 Å². The van der Waals surface area contributed by atoms with Crippen LogP contribution in [0.3, 0.4) is 0 Å². The molecule has 1 fully saturated rings. The van der Waals surface area contributed by atoms with Gasteiger partial charge in [-0.05, 0) is 19.8 Å². The van der Waals surface area contributed by atoms with Gasteiger partial charge in [-0.25, -0.2) is 0 Å². The van der Waals surface area contributed by atoms with Crippen LogP contribution >= 0.6 is 0 Å². The molecule has 1 aliphatic rings. The van der Waals surface area contributed by atoms with Crippen molar-refractivity contribution in [1.82, 2.24) is 4.90 Å². The summed E-state index contributed by atoms with van der Waals surface area (Å²) >= 11 is 0. The van der Waals surface area contributed by atoms with Crippen LogP contribution in [0.15, 0.2) is 0 Å². The Hall–Kier alpha value is -0.610. The van der Waals surface area contributed by atoms with Crippen molar-refractivity contribution >= 4 is 5.97 Å². The zero-order chi connectivity index (χ0) is 12.2. The van der Waals surface area contributed by atoms with Crippen molar-refractivity contribution in [2.75, 3.05) is 26.3 Å². The first-order chi connectivity index (χ1) is 7.53. The molecule has 4 heteroatoms. The number of carboxylic acids is 1. The Labute approximate surface area is 97.6 Å². The second kappa shape index (κ2) is 5.64. The zero-order valence-corrected chi connectivity index (χ0v) is 10.5. The maximum absolute atomic E-state index is 11.3. The van der Waals surface area contributed by atoms with Gasteiger partial charge >= 0.3 is 5.97 Å². The number of hydrogen-bond acceptors (Lipinski definition) is 3. The molecule has 2 unspecified atom stereocenters. The Kier molecular flexibility index (Phi) is 4.74. The molecule has 2 atom stereocenters. The topological polar surface area (TPSA) is 49.8 Å². The number of hydrogen-bond donors (Lipinski definition) is 1. The Balaban J connectivity index is 2.65. The van der Waals surface area contributed by atoms with Gasteiger partial charge in [-0.1, -0.05) is 13.8 Å². The van der Waals surface area contributed by atoms with E-state index < -0.39 is 11.4 Å². The van der Waals surface area contributed by atoms with Crippen molar-refractivity contribution < 1.29 is 14.6 Å². The molecule has 94 valence electrons. The number of carbonyl (C=O) groups is 1. The third-order valence-electron chi connectivity index (χ3n) is 3.67. The van der Waals surface area contributed by atoms with Gasteiger partial charge in [0.05, 0.1) is 18.6 Å². The summed E-state index contributed by atoms with van der Waals surface area (Å²) in [5.41, 5.74) is -0.634. The molecule has 1 N–H and O–H groups in total. The number of rotatable bonds is 5. The van der Waals surface area contributed by atoms with E-state index in [1.807, 2.05) is 13.8 Å². The lowest BCUT2D eigenvalue weighted by Crippen LogP contribution is -2.51. The molecule has 0 saturated carbocycles. The van der Waals surface area contributed by atoms with Crippen molar-refractivity contribution in [3.8, 4) is 0 Å². The van der Waals surface area contributed by atoms with Crippen molar-refractivity contribution in [1.29, 1.82) is 0 Å². The number of carboxylic acid groups (broad SMARTS) is 1. The molecule has 4 nitrogen and oxygen atoms in total. The van der Waals surface area contributed by atoms with Crippen LogP contribution in [-0.4, -0.2) is 48.3 Å². The van der Waals surface area contributed by atoms with Crippen molar-refractivity contribution in [2.45, 2.75) is 39.7 Å². The summed E-state index contributed by atoms with van der Waals surface area (Å²) in [6.07, 6.45) is 1.68. The molecule has 1 heterocycles. The summed E-state index contributed by atoms with van der Waals surface area (Å²) in [6, 6.07) is 0.374. The van der Waals surface area contributed by atoms with Crippen LogP contribution in [0, 0.1) is 5.41 Å². The summed E-state index contributed by atoms with van der Waals surface area (Å²) in [7, 11) is 0. The lowest BCUT2D eigenvalue weighted by atomic mass is 9.86. The van der Waals surface area contributed by atoms with E-state index in [0.29, 0.717) is 19.0 Å². The van der Waals surface area contributed by atoms with Crippen molar-refractivity contribution in [3.63, 3.8) is 0 Å². The minimum absolute atomic E-state index is 0.374. The zero-order valence-electron chi connectivity index (χ0n) is 10.5. The molecular weight excluding hydrogens is 206 g/mol. The van der Waals surface area contributed by atoms with Crippen LogP contribution < -0.4 is 0 Å². The highest BCUT2D eigenvalue weighted by Crippen LogP contribution is 2.25. The van der Waals surface area contributed by atoms with Gasteiger partial charge in [-0.2, -0.15) is 0 Å². The van der Waals surface area contributed by atoms with Gasteiger partial charge in [0.2, 0.25) is 0 Å². The first-order valence-corrected chi connectivity index (χ1v) is 6.08. The monoisotopic (exact) mass is 229 g/mol. The van der Waals surface area contributed by atoms with Gasteiger partial charge in [0, 0.05) is 19.1 Å². The van der Waals surface area contributed by atoms with Gasteiger partial charge in [-0.15, -0.1) is 0 Å². The lowest BCUT2D eigenvalue weighted by Gasteiger charge is -2.39. The average Bonchev–Trinajstić information content (AvgIpc) is 2.29. The minimum Gasteiger partial charge on any atom is -0.481 e. The standard InChI is InChI=1S/C12H23NO3/c1-4-10-8-16-7-6-13(10)9-12(3,5-2)11(14)15/h10H,4-9H2,1-3H3,(H,14,15). The fourth-order valence-corrected chi connectivity index (χ4v) is 2.05. The maximum atomic E-state index is 11.3. The number of morpholine rings is 1. The largest absolute Gasteiger partial charge is 0.481 e. The molecule has 1 saturated heterocycles. The van der Waals surface area contributed by atoms with E-state index in [1.54, 1.807) is 0 Å². The molecule has 1 rings (SSSR count). The van der Waals surface area contributed by atoms with Crippen molar-refractivity contribution in [3.05, 3.63) is 0 Å². The SMILES string of the molecule is CCC1COCCN1CC(C)(CC)C(=O)O. The summed E-state index contributed by atoms with van der Waals surface area (Å²) in [6.45, 7) is 8.82. The Morgan fingerprint density at radius 2 is 2.25 bits per heavy atom. The molecule has 0 aromatic carbocycles. The summed E-state index contributed by atoms with van der Waals surface area (Å²) in [5, 5.41) is 9.26. The van der Waals surface area contributed by atoms with Crippen molar-refractivity contribution in [2.24, 2.45) is 5.41 Å². The van der Waals surface area contributed by atoms with E-state index >= 15 is 0 Å². The molecule has 0 aromatic heterocycles. The number of aliphatic carboxylic acids is 1. The molecule has 0 amide bonds. The quantitative estimate of drug-likeness (QED) is 0.778. The second-order valence-corrected chi connectivity index (χ2v) is 4.83. The Bertz CT molecular complexity index is 244. The van der Waals surface area contributed by atoms with Crippen LogP contribution in [-0.2, 0) is 9.53 Å². The third kappa shape index (κ3) is 2.95. The second-order valence-electron chi connectivity index (χ2n) is 4.83. The predicted octanol–water partition coefficient (Wildman–Crippen LogP) is 1.60. The molecular formula is C12H23NO3. The normalized spacial score (nSPS) is 26.3. The van der Waals surface area contributed by atoms with Crippen LogP contribution in [0.2, 0.25) is 0 Å². The highest BCUT2D eigenvalue weighted by molar-refractivity contribution is 5.74. The van der Waals surface area contributed by atoms with Crippen LogP contribution in [0.4, 0.5) is 0 Å². The van der Waals surface area contributed by atoms with E-state index in [9.17, 15) is 9.90 Å². The Morgan fingerprint density at radius 3 is 2.75 bits per heavy atom. The fraction of sp³-hybridized carbons (Fsp3) is 0.917. The van der Waals surface area contributed by atoms with Crippen LogP contribution in [0.5, 0.6) is 0 Å². The van der Waals surface area contributed by atoms with Gasteiger partial charge in [-0.3, -0.25) is 9.69 Å². The molecule has 0 radical (unpaired) electrons. The van der Waals surface area contributed by atoms with E-state index in [0.717, 1.165) is 26.2 Å². The highest BCUT2D eigenvalue weighted by Gasteiger charge is 2.35. The van der Waals surface area contributed by atoms with E-state index in [-0.39, 0.29) is 0 Å². The van der Waals surface area contributed by atoms with Gasteiger partial charge < -0.3 is 9.84 Å². The predicted molar refractivity (Wildman–Crippen MR) is 62.5 cm³/mol. The number of nitrogens with zero attached hydrogens (tertiary/aromatic N) is 1. The molecule has 16 heavy (non-hydrogen) atoms. The summed E-state index contributed by atoms with van der Waals surface area (Å²) in [5.74, 6) is -0.698. The Morgan fingerprint density at radius 1 is 1.56 bits per heavy atom. The first-order valence-electron chi connectivity index (χ1n) is 6.08. The third-order valence-corrected chi connectivity index (χ3v) is 3.67. The van der Waals surface area contributed by atoms with Gasteiger partial charge in [0.25, 0.3) is 0 Å².